The number of hydrogen-bond donors (Lipinski definition) is 2. The average Bonchev–Trinajstić information content (AvgIpc) is 2.75. The lowest BCUT2D eigenvalue weighted by atomic mass is 10.1. The quantitative estimate of drug-likeness (QED) is 0.815. The number of rotatable bonds is 5. The molecule has 1 unspecified atom stereocenters. The number of sulfonamides is 1. The highest BCUT2D eigenvalue weighted by atomic mass is 32.2. The van der Waals surface area contributed by atoms with Crippen molar-refractivity contribution in [3.63, 3.8) is 0 Å². The van der Waals surface area contributed by atoms with Gasteiger partial charge in [-0.1, -0.05) is 25.2 Å². The van der Waals surface area contributed by atoms with Crippen molar-refractivity contribution in [1.82, 2.24) is 0 Å². The van der Waals surface area contributed by atoms with E-state index >= 15 is 0 Å². The predicted molar refractivity (Wildman–Crippen MR) is 81.9 cm³/mol. The fourth-order valence-corrected chi connectivity index (χ4v) is 4.33. The molecule has 0 amide bonds. The molecule has 1 aromatic carbocycles. The molecule has 0 bridgehead atoms. The van der Waals surface area contributed by atoms with E-state index in [1.165, 1.54) is 11.1 Å². The Kier molecular flexibility index (Phi) is 4.10. The summed E-state index contributed by atoms with van der Waals surface area (Å²) in [4.78, 5) is 0.0103. The van der Waals surface area contributed by atoms with Crippen LogP contribution in [0.25, 0.3) is 0 Å². The molecule has 3 N–H and O–H groups in total. The molecule has 0 fully saturated rings. The number of thiocarbonyl (C=S) groups is 1. The molecule has 0 spiro atoms. The third-order valence-electron chi connectivity index (χ3n) is 3.42. The monoisotopic (exact) mass is 298 g/mol. The van der Waals surface area contributed by atoms with Crippen LogP contribution in [-0.2, 0) is 22.9 Å². The molecule has 0 saturated carbocycles. The van der Waals surface area contributed by atoms with Gasteiger partial charge in [0, 0.05) is 5.69 Å². The van der Waals surface area contributed by atoms with Gasteiger partial charge in [-0.15, -0.1) is 0 Å². The zero-order valence-electron chi connectivity index (χ0n) is 10.8. The van der Waals surface area contributed by atoms with Gasteiger partial charge < -0.3 is 5.73 Å². The first-order chi connectivity index (χ1) is 8.94. The van der Waals surface area contributed by atoms with Crippen LogP contribution in [0.1, 0.15) is 30.9 Å². The van der Waals surface area contributed by atoms with Gasteiger partial charge in [-0.2, -0.15) is 0 Å². The molecule has 19 heavy (non-hydrogen) atoms. The Balaban J connectivity index is 2.23. The van der Waals surface area contributed by atoms with Crippen molar-refractivity contribution in [2.75, 3.05) is 4.72 Å². The maximum absolute atomic E-state index is 12.2. The number of anilines is 1. The summed E-state index contributed by atoms with van der Waals surface area (Å²) in [5.74, 6) is 0. The second-order valence-electron chi connectivity index (χ2n) is 4.78. The predicted octanol–water partition coefficient (Wildman–Crippen LogP) is 1.98. The Morgan fingerprint density at radius 1 is 1.42 bits per heavy atom. The van der Waals surface area contributed by atoms with Crippen molar-refractivity contribution >= 4 is 32.9 Å². The molecular weight excluding hydrogens is 280 g/mol. The van der Waals surface area contributed by atoms with Crippen LogP contribution < -0.4 is 10.5 Å². The highest BCUT2D eigenvalue weighted by Gasteiger charge is 2.26. The largest absolute Gasteiger partial charge is 0.392 e. The Labute approximate surface area is 119 Å². The molecule has 0 radical (unpaired) electrons. The fraction of sp³-hybridized carbons (Fsp3) is 0.462. The molecule has 1 aliphatic carbocycles. The molecule has 2 rings (SSSR count). The molecule has 0 heterocycles. The van der Waals surface area contributed by atoms with E-state index < -0.39 is 15.3 Å². The zero-order valence-corrected chi connectivity index (χ0v) is 12.5. The minimum absolute atomic E-state index is 0.0103. The smallest absolute Gasteiger partial charge is 0.242 e. The van der Waals surface area contributed by atoms with Gasteiger partial charge in [0.05, 0.1) is 4.99 Å². The summed E-state index contributed by atoms with van der Waals surface area (Å²) in [5.41, 5.74) is 8.62. The minimum Gasteiger partial charge on any atom is -0.392 e. The van der Waals surface area contributed by atoms with Gasteiger partial charge in [-0.3, -0.25) is 4.72 Å². The van der Waals surface area contributed by atoms with Crippen LogP contribution >= 0.6 is 12.2 Å². The third-order valence-corrected chi connectivity index (χ3v) is 5.71. The van der Waals surface area contributed by atoms with E-state index in [0.29, 0.717) is 12.1 Å². The maximum atomic E-state index is 12.2. The van der Waals surface area contributed by atoms with Gasteiger partial charge >= 0.3 is 0 Å². The molecule has 0 saturated heterocycles. The Morgan fingerprint density at radius 2 is 2.11 bits per heavy atom. The number of benzene rings is 1. The third kappa shape index (κ3) is 3.06. The van der Waals surface area contributed by atoms with Gasteiger partial charge in [-0.05, 0) is 48.9 Å². The van der Waals surface area contributed by atoms with Gasteiger partial charge in [0.2, 0.25) is 10.0 Å². The van der Waals surface area contributed by atoms with Crippen LogP contribution in [0.3, 0.4) is 0 Å². The second-order valence-corrected chi connectivity index (χ2v) is 7.12. The highest BCUT2D eigenvalue weighted by molar-refractivity contribution is 7.95. The first kappa shape index (κ1) is 14.3. The Morgan fingerprint density at radius 3 is 2.74 bits per heavy atom. The highest BCUT2D eigenvalue weighted by Crippen LogP contribution is 2.25. The normalized spacial score (nSPS) is 15.8. The summed E-state index contributed by atoms with van der Waals surface area (Å²) in [7, 11) is -3.56. The van der Waals surface area contributed by atoms with E-state index in [9.17, 15) is 8.42 Å². The zero-order chi connectivity index (χ0) is 14.0. The van der Waals surface area contributed by atoms with Crippen LogP contribution in [0.5, 0.6) is 0 Å². The number of aryl methyl sites for hydroxylation is 2. The summed E-state index contributed by atoms with van der Waals surface area (Å²) in [5, 5.41) is -0.823. The fourth-order valence-electron chi connectivity index (χ4n) is 2.44. The van der Waals surface area contributed by atoms with E-state index in [4.69, 9.17) is 18.0 Å². The van der Waals surface area contributed by atoms with E-state index in [0.717, 1.165) is 19.3 Å². The topological polar surface area (TPSA) is 72.2 Å². The summed E-state index contributed by atoms with van der Waals surface area (Å²) in [6.07, 6.45) is 3.59. The molecule has 1 atom stereocenters. The molecular formula is C13H18N2O2S2. The van der Waals surface area contributed by atoms with E-state index in [1.807, 2.05) is 12.1 Å². The van der Waals surface area contributed by atoms with Gasteiger partial charge in [0.1, 0.15) is 5.25 Å². The molecule has 1 aromatic rings. The van der Waals surface area contributed by atoms with Crippen molar-refractivity contribution in [3.8, 4) is 0 Å². The van der Waals surface area contributed by atoms with E-state index in [1.54, 1.807) is 13.0 Å². The minimum atomic E-state index is -3.56. The lowest BCUT2D eigenvalue weighted by Crippen LogP contribution is -2.37. The molecule has 4 nitrogen and oxygen atoms in total. The van der Waals surface area contributed by atoms with Crippen LogP contribution in [-0.4, -0.2) is 18.7 Å². The Bertz CT molecular complexity index is 597. The van der Waals surface area contributed by atoms with Crippen molar-refractivity contribution < 1.29 is 8.42 Å². The van der Waals surface area contributed by atoms with Gasteiger partial charge in [0.15, 0.2) is 0 Å². The van der Waals surface area contributed by atoms with Crippen LogP contribution in [0, 0.1) is 0 Å². The first-order valence-corrected chi connectivity index (χ1v) is 8.32. The van der Waals surface area contributed by atoms with Crippen molar-refractivity contribution in [2.24, 2.45) is 5.73 Å². The van der Waals surface area contributed by atoms with E-state index in [-0.39, 0.29) is 4.99 Å². The number of nitrogens with one attached hydrogen (secondary N) is 1. The van der Waals surface area contributed by atoms with Crippen LogP contribution in [0.15, 0.2) is 18.2 Å². The van der Waals surface area contributed by atoms with Crippen molar-refractivity contribution in [1.29, 1.82) is 0 Å². The first-order valence-electron chi connectivity index (χ1n) is 6.37. The van der Waals surface area contributed by atoms with Crippen LogP contribution in [0.2, 0.25) is 0 Å². The summed E-state index contributed by atoms with van der Waals surface area (Å²) in [6.45, 7) is 1.76. The summed E-state index contributed by atoms with van der Waals surface area (Å²) >= 11 is 4.82. The van der Waals surface area contributed by atoms with Crippen LogP contribution in [0.4, 0.5) is 5.69 Å². The molecule has 1 aliphatic rings. The lowest BCUT2D eigenvalue weighted by molar-refractivity contribution is 0.594. The van der Waals surface area contributed by atoms with Crippen molar-refractivity contribution in [3.05, 3.63) is 29.3 Å². The molecule has 104 valence electrons. The number of fused-ring (bicyclic) bond motifs is 1. The summed E-state index contributed by atoms with van der Waals surface area (Å²) in [6, 6.07) is 5.70. The van der Waals surface area contributed by atoms with Crippen molar-refractivity contribution in [2.45, 2.75) is 37.9 Å². The standard InChI is InChI=1S/C13H18N2O2S2/c1-2-12(13(14)18)19(16,17)15-11-7-6-9-4-3-5-10(9)8-11/h6-8,12,15H,2-5H2,1H3,(H2,14,18). The lowest BCUT2D eigenvalue weighted by Gasteiger charge is -2.16. The number of hydrogen-bond acceptors (Lipinski definition) is 3. The SMILES string of the molecule is CCC(C(N)=S)S(=O)(=O)Nc1ccc2c(c1)CCC2. The average molecular weight is 298 g/mol. The maximum Gasteiger partial charge on any atom is 0.242 e. The summed E-state index contributed by atoms with van der Waals surface area (Å²) < 4.78 is 27.0. The second kappa shape index (κ2) is 5.46. The molecule has 0 aromatic heterocycles. The molecule has 6 heteroatoms. The number of nitrogens with two attached hydrogens (primary N) is 1. The Hall–Kier alpha value is -1.14. The van der Waals surface area contributed by atoms with Gasteiger partial charge in [0.25, 0.3) is 0 Å². The van der Waals surface area contributed by atoms with E-state index in [2.05, 4.69) is 4.72 Å². The van der Waals surface area contributed by atoms with Gasteiger partial charge in [-0.25, -0.2) is 8.42 Å². The molecule has 0 aliphatic heterocycles.